The quantitative estimate of drug-likeness (QED) is 0.346. The van der Waals surface area contributed by atoms with E-state index in [-0.39, 0.29) is 5.91 Å². The van der Waals surface area contributed by atoms with E-state index in [1.807, 2.05) is 67.1 Å². The molecule has 0 heterocycles. The normalized spacial score (nSPS) is 12.5. The molecule has 0 bridgehead atoms. The fraction of sp³-hybridized carbons (Fsp3) is 0.188. The zero-order valence-electron chi connectivity index (χ0n) is 12.0. The number of nitrogens with one attached hydrogen (secondary N) is 2. The van der Waals surface area contributed by atoms with Crippen LogP contribution in [0.5, 0.6) is 0 Å². The summed E-state index contributed by atoms with van der Waals surface area (Å²) in [6, 6.07) is 7.73. The molecule has 0 aliphatic heterocycles. The van der Waals surface area contributed by atoms with E-state index in [1.54, 1.807) is 13.0 Å². The van der Waals surface area contributed by atoms with Crippen LogP contribution in [0.4, 0.5) is 5.69 Å². The minimum atomic E-state index is -0.114. The predicted molar refractivity (Wildman–Crippen MR) is 93.6 cm³/mol. The highest BCUT2D eigenvalue weighted by Gasteiger charge is 2.06. The number of carbonyl (C=O) groups is 1. The monoisotopic (exact) mass is 382 g/mol. The van der Waals surface area contributed by atoms with Crippen molar-refractivity contribution in [2.45, 2.75) is 20.8 Å². The van der Waals surface area contributed by atoms with Crippen molar-refractivity contribution in [1.29, 1.82) is 0 Å². The lowest BCUT2D eigenvalue weighted by Gasteiger charge is -2.08. The Hall–Kier alpha value is -1.56. The molecule has 0 saturated heterocycles. The summed E-state index contributed by atoms with van der Waals surface area (Å²) in [6.07, 6.45) is 3.57. The second kappa shape index (κ2) is 7.89. The molecular formula is C16H19IN2O. The van der Waals surface area contributed by atoms with Crippen molar-refractivity contribution in [3.63, 3.8) is 0 Å². The molecule has 0 radical (unpaired) electrons. The number of rotatable bonds is 5. The van der Waals surface area contributed by atoms with Gasteiger partial charge in [0.1, 0.15) is 0 Å². The van der Waals surface area contributed by atoms with Gasteiger partial charge in [-0.25, -0.2) is 0 Å². The summed E-state index contributed by atoms with van der Waals surface area (Å²) in [5.74, 6) is -0.114. The third kappa shape index (κ3) is 4.85. The second-order valence-electron chi connectivity index (χ2n) is 4.55. The summed E-state index contributed by atoms with van der Waals surface area (Å²) in [6.45, 7) is 9.45. The highest BCUT2D eigenvalue weighted by atomic mass is 127. The van der Waals surface area contributed by atoms with E-state index >= 15 is 0 Å². The Morgan fingerprint density at radius 1 is 1.35 bits per heavy atom. The maximum atomic E-state index is 12.1. The SMILES string of the molecule is C=C/C(C)=C(\C=C(/C)C(=O)Nc1cccc(C)c1)NI. The van der Waals surface area contributed by atoms with Gasteiger partial charge >= 0.3 is 0 Å². The van der Waals surface area contributed by atoms with Crippen molar-refractivity contribution in [2.24, 2.45) is 0 Å². The van der Waals surface area contributed by atoms with Gasteiger partial charge < -0.3 is 8.85 Å². The Balaban J connectivity index is 2.89. The van der Waals surface area contributed by atoms with Gasteiger partial charge in [-0.15, -0.1) is 0 Å². The average molecular weight is 382 g/mol. The van der Waals surface area contributed by atoms with Crippen LogP contribution in [0.1, 0.15) is 19.4 Å². The largest absolute Gasteiger partial charge is 0.328 e. The molecular weight excluding hydrogens is 363 g/mol. The molecule has 0 atom stereocenters. The predicted octanol–water partition coefficient (Wildman–Crippen LogP) is 4.28. The average Bonchev–Trinajstić information content (AvgIpc) is 2.43. The van der Waals surface area contributed by atoms with E-state index in [0.717, 1.165) is 22.5 Å². The summed E-state index contributed by atoms with van der Waals surface area (Å²) >= 11 is 2.04. The van der Waals surface area contributed by atoms with Gasteiger partial charge in [0.2, 0.25) is 0 Å². The van der Waals surface area contributed by atoms with Gasteiger partial charge in [-0.05, 0) is 50.1 Å². The van der Waals surface area contributed by atoms with Crippen molar-refractivity contribution in [3.8, 4) is 0 Å². The maximum absolute atomic E-state index is 12.1. The van der Waals surface area contributed by atoms with Crippen molar-refractivity contribution in [2.75, 3.05) is 5.32 Å². The van der Waals surface area contributed by atoms with Crippen molar-refractivity contribution in [1.82, 2.24) is 3.53 Å². The molecule has 1 amide bonds. The number of anilines is 1. The van der Waals surface area contributed by atoms with Crippen molar-refractivity contribution in [3.05, 3.63) is 65.4 Å². The number of hydrogen-bond acceptors (Lipinski definition) is 2. The molecule has 0 fully saturated rings. The number of hydrogen-bond donors (Lipinski definition) is 2. The first kappa shape index (κ1) is 16.5. The molecule has 106 valence electrons. The van der Waals surface area contributed by atoms with E-state index in [4.69, 9.17) is 0 Å². The third-order valence-electron chi connectivity index (χ3n) is 2.83. The van der Waals surface area contributed by atoms with Crippen LogP contribution in [0.2, 0.25) is 0 Å². The Labute approximate surface area is 134 Å². The number of carbonyl (C=O) groups excluding carboxylic acids is 1. The molecule has 1 aromatic rings. The topological polar surface area (TPSA) is 41.1 Å². The van der Waals surface area contributed by atoms with Crippen LogP contribution in [0, 0.1) is 6.92 Å². The van der Waals surface area contributed by atoms with E-state index in [9.17, 15) is 4.79 Å². The molecule has 0 saturated carbocycles. The lowest BCUT2D eigenvalue weighted by molar-refractivity contribution is -0.112. The van der Waals surface area contributed by atoms with E-state index in [2.05, 4.69) is 15.4 Å². The summed E-state index contributed by atoms with van der Waals surface area (Å²) in [5.41, 5.74) is 4.41. The fourth-order valence-corrected chi connectivity index (χ4v) is 2.14. The lowest BCUT2D eigenvalue weighted by Crippen LogP contribution is -2.13. The van der Waals surface area contributed by atoms with Gasteiger partial charge in [-0.1, -0.05) is 24.8 Å². The van der Waals surface area contributed by atoms with Gasteiger partial charge in [0.05, 0.1) is 22.9 Å². The zero-order valence-corrected chi connectivity index (χ0v) is 14.1. The van der Waals surface area contributed by atoms with Gasteiger partial charge in [0.25, 0.3) is 5.91 Å². The van der Waals surface area contributed by atoms with Crippen LogP contribution in [-0.2, 0) is 4.79 Å². The molecule has 4 heteroatoms. The van der Waals surface area contributed by atoms with E-state index in [0.29, 0.717) is 5.57 Å². The highest BCUT2D eigenvalue weighted by Crippen LogP contribution is 2.13. The number of benzene rings is 1. The molecule has 3 nitrogen and oxygen atoms in total. The second-order valence-corrected chi connectivity index (χ2v) is 5.09. The van der Waals surface area contributed by atoms with Crippen LogP contribution in [0.25, 0.3) is 0 Å². The molecule has 0 aliphatic rings. The molecule has 20 heavy (non-hydrogen) atoms. The summed E-state index contributed by atoms with van der Waals surface area (Å²) < 4.78 is 3.03. The Kier molecular flexibility index (Phi) is 6.51. The Morgan fingerprint density at radius 3 is 2.60 bits per heavy atom. The molecule has 1 rings (SSSR count). The van der Waals surface area contributed by atoms with Crippen LogP contribution in [0.3, 0.4) is 0 Å². The molecule has 0 aliphatic carbocycles. The van der Waals surface area contributed by atoms with Crippen LogP contribution in [0.15, 0.2) is 59.8 Å². The molecule has 2 N–H and O–H groups in total. The standard InChI is InChI=1S/C16H19IN2O/c1-5-12(3)15(19-17)10-13(4)16(20)18-14-8-6-7-11(2)9-14/h5-10,19H,1H2,2-4H3,(H,18,20)/b13-10+,15-12+. The Morgan fingerprint density at radius 2 is 2.05 bits per heavy atom. The summed E-state index contributed by atoms with van der Waals surface area (Å²) in [5, 5.41) is 2.88. The number of amides is 1. The van der Waals surface area contributed by atoms with E-state index in [1.165, 1.54) is 0 Å². The van der Waals surface area contributed by atoms with Gasteiger partial charge in [-0.2, -0.15) is 0 Å². The fourth-order valence-electron chi connectivity index (χ4n) is 1.56. The summed E-state index contributed by atoms with van der Waals surface area (Å²) in [4.78, 5) is 12.1. The Bertz CT molecular complexity index is 574. The van der Waals surface area contributed by atoms with Crippen LogP contribution < -0.4 is 8.85 Å². The maximum Gasteiger partial charge on any atom is 0.251 e. The minimum absolute atomic E-state index is 0.114. The van der Waals surface area contributed by atoms with Gasteiger partial charge in [-0.3, -0.25) is 4.79 Å². The van der Waals surface area contributed by atoms with Gasteiger partial charge in [0, 0.05) is 17.0 Å². The molecule has 0 unspecified atom stereocenters. The molecule has 0 spiro atoms. The summed E-state index contributed by atoms with van der Waals surface area (Å²) in [7, 11) is 0. The van der Waals surface area contributed by atoms with Crippen molar-refractivity contribution >= 4 is 34.5 Å². The molecule has 0 aromatic heterocycles. The zero-order chi connectivity index (χ0) is 15.1. The minimum Gasteiger partial charge on any atom is -0.328 e. The lowest BCUT2D eigenvalue weighted by atomic mass is 10.1. The van der Waals surface area contributed by atoms with E-state index < -0.39 is 0 Å². The first-order chi connectivity index (χ1) is 9.47. The molecule has 1 aromatic carbocycles. The number of halogens is 1. The highest BCUT2D eigenvalue weighted by molar-refractivity contribution is 14.1. The first-order valence-electron chi connectivity index (χ1n) is 6.24. The smallest absolute Gasteiger partial charge is 0.251 e. The number of allylic oxidation sites excluding steroid dienone is 3. The first-order valence-corrected chi connectivity index (χ1v) is 7.32. The third-order valence-corrected chi connectivity index (χ3v) is 3.41. The number of aryl methyl sites for hydroxylation is 1. The van der Waals surface area contributed by atoms with Gasteiger partial charge in [0.15, 0.2) is 0 Å². The van der Waals surface area contributed by atoms with Crippen molar-refractivity contribution < 1.29 is 4.79 Å². The van der Waals surface area contributed by atoms with Crippen LogP contribution in [-0.4, -0.2) is 5.91 Å². The van der Waals surface area contributed by atoms with Crippen LogP contribution >= 0.6 is 22.9 Å².